The zero-order chi connectivity index (χ0) is 19.1. The lowest BCUT2D eigenvalue weighted by Crippen LogP contribution is -2.30. The zero-order valence-corrected chi connectivity index (χ0v) is 16.6. The Hall–Kier alpha value is -2.36. The van der Waals surface area contributed by atoms with Crippen molar-refractivity contribution in [1.82, 2.24) is 10.2 Å². The van der Waals surface area contributed by atoms with E-state index in [0.717, 1.165) is 36.1 Å². The van der Waals surface area contributed by atoms with E-state index in [4.69, 9.17) is 0 Å². The number of aryl methyl sites for hydroxylation is 1. The van der Waals surface area contributed by atoms with Crippen LogP contribution in [0.5, 0.6) is 0 Å². The van der Waals surface area contributed by atoms with E-state index in [-0.39, 0.29) is 6.03 Å². The number of rotatable bonds is 7. The molecular formula is C21H26N4OS. The Labute approximate surface area is 165 Å². The molecule has 2 aromatic rings. The van der Waals surface area contributed by atoms with Gasteiger partial charge in [-0.2, -0.15) is 5.26 Å². The standard InChI is InChI=1S/C21H26N4OS/c1-16-8-2-3-9-17(16)19-15-27-20(18(19)14-22)24-21(26)23-10-4-5-11-25-12-6-7-13-25/h2-3,8-9,15H,4-7,10-13H2,1H3,(H2,23,24,26). The largest absolute Gasteiger partial charge is 0.338 e. The third-order valence-corrected chi connectivity index (χ3v) is 5.85. The van der Waals surface area contributed by atoms with Crippen LogP contribution in [0.15, 0.2) is 29.6 Å². The molecule has 2 N–H and O–H groups in total. The maximum absolute atomic E-state index is 12.2. The molecule has 0 radical (unpaired) electrons. The number of nitrogens with one attached hydrogen (secondary N) is 2. The van der Waals surface area contributed by atoms with Crippen LogP contribution in [0.3, 0.4) is 0 Å². The molecule has 0 atom stereocenters. The Morgan fingerprint density at radius 3 is 2.74 bits per heavy atom. The maximum atomic E-state index is 12.2. The molecular weight excluding hydrogens is 356 g/mol. The van der Waals surface area contributed by atoms with Gasteiger partial charge in [0, 0.05) is 17.5 Å². The van der Waals surface area contributed by atoms with Crippen LogP contribution in [0.2, 0.25) is 0 Å². The number of benzene rings is 1. The number of urea groups is 1. The monoisotopic (exact) mass is 382 g/mol. The first-order valence-electron chi connectivity index (χ1n) is 9.54. The summed E-state index contributed by atoms with van der Waals surface area (Å²) in [5.41, 5.74) is 3.54. The van der Waals surface area contributed by atoms with Crippen LogP contribution < -0.4 is 10.6 Å². The van der Waals surface area contributed by atoms with Gasteiger partial charge in [-0.1, -0.05) is 24.3 Å². The molecule has 2 amide bonds. The molecule has 0 saturated carbocycles. The van der Waals surface area contributed by atoms with Gasteiger partial charge >= 0.3 is 6.03 Å². The summed E-state index contributed by atoms with van der Waals surface area (Å²) in [6.07, 6.45) is 4.69. The Morgan fingerprint density at radius 2 is 2.00 bits per heavy atom. The fourth-order valence-electron chi connectivity index (χ4n) is 3.45. The quantitative estimate of drug-likeness (QED) is 0.688. The van der Waals surface area contributed by atoms with E-state index in [9.17, 15) is 10.1 Å². The van der Waals surface area contributed by atoms with E-state index in [0.29, 0.717) is 17.1 Å². The summed E-state index contributed by atoms with van der Waals surface area (Å²) in [6.45, 7) is 6.22. The Morgan fingerprint density at radius 1 is 1.22 bits per heavy atom. The summed E-state index contributed by atoms with van der Waals surface area (Å²) in [7, 11) is 0. The summed E-state index contributed by atoms with van der Waals surface area (Å²) >= 11 is 1.39. The molecule has 1 aromatic carbocycles. The third kappa shape index (κ3) is 5.09. The molecule has 1 saturated heterocycles. The Balaban J connectivity index is 1.51. The van der Waals surface area contributed by atoms with Crippen molar-refractivity contribution in [2.24, 2.45) is 0 Å². The number of carbonyl (C=O) groups excluding carboxylic acids is 1. The maximum Gasteiger partial charge on any atom is 0.319 e. The second-order valence-corrected chi connectivity index (χ2v) is 7.80. The fraction of sp³-hybridized carbons (Fsp3) is 0.429. The minimum absolute atomic E-state index is 0.245. The number of nitrogens with zero attached hydrogens (tertiary/aromatic N) is 2. The van der Waals surface area contributed by atoms with Crippen LogP contribution >= 0.6 is 11.3 Å². The van der Waals surface area contributed by atoms with Crippen molar-refractivity contribution in [3.8, 4) is 17.2 Å². The summed E-state index contributed by atoms with van der Waals surface area (Å²) in [5.74, 6) is 0. The summed E-state index contributed by atoms with van der Waals surface area (Å²) in [4.78, 5) is 14.7. The fourth-order valence-corrected chi connectivity index (χ4v) is 4.36. The van der Waals surface area contributed by atoms with E-state index in [1.54, 1.807) is 0 Å². The molecule has 6 heteroatoms. The van der Waals surface area contributed by atoms with Gasteiger partial charge in [0.25, 0.3) is 0 Å². The molecule has 3 rings (SSSR count). The Bertz CT molecular complexity index is 818. The predicted octanol–water partition coefficient (Wildman–Crippen LogP) is 4.59. The lowest BCUT2D eigenvalue weighted by atomic mass is 10.00. The second-order valence-electron chi connectivity index (χ2n) is 6.92. The van der Waals surface area contributed by atoms with E-state index in [2.05, 4.69) is 21.6 Å². The number of anilines is 1. The van der Waals surface area contributed by atoms with Crippen LogP contribution in [0.25, 0.3) is 11.1 Å². The number of hydrogen-bond donors (Lipinski definition) is 2. The number of likely N-dealkylation sites (tertiary alicyclic amines) is 1. The van der Waals surface area contributed by atoms with Crippen LogP contribution in [0.4, 0.5) is 9.80 Å². The highest BCUT2D eigenvalue weighted by Gasteiger charge is 2.16. The van der Waals surface area contributed by atoms with E-state index in [1.165, 1.54) is 37.3 Å². The van der Waals surface area contributed by atoms with Crippen molar-refractivity contribution in [3.63, 3.8) is 0 Å². The van der Waals surface area contributed by atoms with Gasteiger partial charge in [-0.3, -0.25) is 5.32 Å². The van der Waals surface area contributed by atoms with Gasteiger partial charge in [0.05, 0.1) is 5.56 Å². The lowest BCUT2D eigenvalue weighted by molar-refractivity contribution is 0.251. The number of amides is 2. The molecule has 0 aliphatic carbocycles. The smallest absolute Gasteiger partial charge is 0.319 e. The van der Waals surface area contributed by atoms with Gasteiger partial charge < -0.3 is 10.2 Å². The summed E-state index contributed by atoms with van der Waals surface area (Å²) < 4.78 is 0. The normalized spacial score (nSPS) is 14.1. The molecule has 0 spiro atoms. The van der Waals surface area contributed by atoms with Gasteiger partial charge in [0.15, 0.2) is 0 Å². The first-order valence-corrected chi connectivity index (χ1v) is 10.4. The number of thiophene rings is 1. The number of hydrogen-bond acceptors (Lipinski definition) is 4. The SMILES string of the molecule is Cc1ccccc1-c1csc(NC(=O)NCCCCN2CCCC2)c1C#N. The van der Waals surface area contributed by atoms with Gasteiger partial charge in [0.2, 0.25) is 0 Å². The van der Waals surface area contributed by atoms with Gasteiger partial charge in [0.1, 0.15) is 11.1 Å². The van der Waals surface area contributed by atoms with Gasteiger partial charge in [-0.05, 0) is 63.4 Å². The average molecular weight is 383 g/mol. The third-order valence-electron chi connectivity index (χ3n) is 4.95. The van der Waals surface area contributed by atoms with Crippen LogP contribution in [-0.2, 0) is 0 Å². The minimum atomic E-state index is -0.245. The molecule has 0 unspecified atom stereocenters. The van der Waals surface area contributed by atoms with Crippen LogP contribution in [0.1, 0.15) is 36.8 Å². The van der Waals surface area contributed by atoms with Crippen LogP contribution in [0, 0.1) is 18.3 Å². The highest BCUT2D eigenvalue weighted by Crippen LogP contribution is 2.36. The first-order chi connectivity index (χ1) is 13.2. The molecule has 1 aliphatic heterocycles. The van der Waals surface area contributed by atoms with Crippen LogP contribution in [-0.4, -0.2) is 37.1 Å². The van der Waals surface area contributed by atoms with E-state index >= 15 is 0 Å². The molecule has 1 fully saturated rings. The van der Waals surface area contributed by atoms with Gasteiger partial charge in [-0.15, -0.1) is 11.3 Å². The number of carbonyl (C=O) groups is 1. The topological polar surface area (TPSA) is 68.2 Å². The molecule has 27 heavy (non-hydrogen) atoms. The van der Waals surface area contributed by atoms with Crippen molar-refractivity contribution in [2.75, 3.05) is 31.5 Å². The molecule has 142 valence electrons. The minimum Gasteiger partial charge on any atom is -0.338 e. The number of unbranched alkanes of at least 4 members (excludes halogenated alkanes) is 1. The molecule has 0 bridgehead atoms. The van der Waals surface area contributed by atoms with Crippen molar-refractivity contribution < 1.29 is 4.79 Å². The molecule has 1 aliphatic rings. The van der Waals surface area contributed by atoms with Crippen molar-refractivity contribution >= 4 is 22.4 Å². The lowest BCUT2D eigenvalue weighted by Gasteiger charge is -2.14. The van der Waals surface area contributed by atoms with Crippen molar-refractivity contribution in [3.05, 3.63) is 40.8 Å². The molecule has 2 heterocycles. The zero-order valence-electron chi connectivity index (χ0n) is 15.8. The van der Waals surface area contributed by atoms with E-state index < -0.39 is 0 Å². The predicted molar refractivity (Wildman–Crippen MR) is 111 cm³/mol. The highest BCUT2D eigenvalue weighted by molar-refractivity contribution is 7.15. The highest BCUT2D eigenvalue weighted by atomic mass is 32.1. The van der Waals surface area contributed by atoms with Gasteiger partial charge in [-0.25, -0.2) is 4.79 Å². The van der Waals surface area contributed by atoms with Crippen molar-refractivity contribution in [2.45, 2.75) is 32.6 Å². The average Bonchev–Trinajstić information content (AvgIpc) is 3.31. The summed E-state index contributed by atoms with van der Waals surface area (Å²) in [6, 6.07) is 9.97. The molecule has 1 aromatic heterocycles. The van der Waals surface area contributed by atoms with E-state index in [1.807, 2.05) is 36.6 Å². The first kappa shape index (κ1) is 19.4. The second kappa shape index (κ2) is 9.54. The molecule has 5 nitrogen and oxygen atoms in total. The van der Waals surface area contributed by atoms with Crippen molar-refractivity contribution in [1.29, 1.82) is 5.26 Å². The Kier molecular flexibility index (Phi) is 6.86. The summed E-state index contributed by atoms with van der Waals surface area (Å²) in [5, 5.41) is 17.9. The number of nitriles is 1.